The second-order valence-electron chi connectivity index (χ2n) is 8.28. The quantitative estimate of drug-likeness (QED) is 0.177. The molecule has 1 unspecified atom stereocenters. The summed E-state index contributed by atoms with van der Waals surface area (Å²) >= 11 is 0. The molecule has 2 aromatic rings. The number of nitrogens with one attached hydrogen (secondary N) is 2. The van der Waals surface area contributed by atoms with Crippen molar-refractivity contribution in [2.75, 3.05) is 32.7 Å². The third kappa shape index (κ3) is 9.36. The number of phenolic OH excluding ortho intramolecular Hbond substituents is 2. The lowest BCUT2D eigenvalue weighted by molar-refractivity contribution is -0.142. The van der Waals surface area contributed by atoms with Crippen molar-refractivity contribution in [3.63, 3.8) is 0 Å². The van der Waals surface area contributed by atoms with Gasteiger partial charge in [-0.1, -0.05) is 6.07 Å². The zero-order valence-corrected chi connectivity index (χ0v) is 22.3. The molecular formula is C25H35N2O9P. The Morgan fingerprint density at radius 1 is 0.973 bits per heavy atom. The fourth-order valence-electron chi connectivity index (χ4n) is 3.45. The summed E-state index contributed by atoms with van der Waals surface area (Å²) in [5, 5.41) is 35.6. The molecule has 204 valence electrons. The van der Waals surface area contributed by atoms with Gasteiger partial charge in [0, 0.05) is 23.6 Å². The van der Waals surface area contributed by atoms with E-state index in [-0.39, 0.29) is 43.6 Å². The van der Waals surface area contributed by atoms with Crippen LogP contribution < -0.4 is 14.9 Å². The monoisotopic (exact) mass is 538 g/mol. The normalized spacial score (nSPS) is 12.1. The van der Waals surface area contributed by atoms with E-state index in [1.165, 1.54) is 12.1 Å². The first-order valence-corrected chi connectivity index (χ1v) is 13.7. The van der Waals surface area contributed by atoms with Gasteiger partial charge in [0.15, 0.2) is 6.35 Å². The number of phenols is 2. The first-order valence-electron chi connectivity index (χ1n) is 11.8. The lowest BCUT2D eigenvalue weighted by Gasteiger charge is -2.21. The summed E-state index contributed by atoms with van der Waals surface area (Å²) in [5.41, 5.74) is 2.46. The van der Waals surface area contributed by atoms with E-state index >= 15 is 0 Å². The van der Waals surface area contributed by atoms with Crippen LogP contribution in [0.15, 0.2) is 30.3 Å². The predicted octanol–water partition coefficient (Wildman–Crippen LogP) is 2.89. The third-order valence-corrected chi connectivity index (χ3v) is 7.16. The highest BCUT2D eigenvalue weighted by Crippen LogP contribution is 2.38. The van der Waals surface area contributed by atoms with Crippen molar-refractivity contribution in [1.82, 2.24) is 10.2 Å². The number of esters is 2. The lowest BCUT2D eigenvalue weighted by Crippen LogP contribution is -2.34. The molecule has 11 nitrogen and oxygen atoms in total. The number of hydrogen-bond acceptors (Lipinski definition) is 9. The van der Waals surface area contributed by atoms with Crippen LogP contribution in [0.2, 0.25) is 0 Å². The maximum absolute atomic E-state index is 13.3. The summed E-state index contributed by atoms with van der Waals surface area (Å²) < 4.78 is 28.7. The molecule has 5 N–H and O–H groups in total. The van der Waals surface area contributed by atoms with Crippen LogP contribution in [0.25, 0.3) is 0 Å². The Morgan fingerprint density at radius 2 is 1.57 bits per heavy atom. The minimum atomic E-state index is -3.61. The predicted molar refractivity (Wildman–Crippen MR) is 137 cm³/mol. The van der Waals surface area contributed by atoms with Gasteiger partial charge in [0.2, 0.25) is 7.44 Å². The van der Waals surface area contributed by atoms with Gasteiger partial charge < -0.3 is 29.5 Å². The Kier molecular flexibility index (Phi) is 11.4. The van der Waals surface area contributed by atoms with Crippen LogP contribution in [0.5, 0.6) is 17.2 Å². The molecule has 0 radical (unpaired) electrons. The minimum absolute atomic E-state index is 0.0130. The fraction of sp³-hybridized carbons (Fsp3) is 0.440. The molecule has 0 saturated heterocycles. The summed E-state index contributed by atoms with van der Waals surface area (Å²) in [6.45, 7) is 6.20. The maximum atomic E-state index is 13.3. The Bertz CT molecular complexity index is 1090. The van der Waals surface area contributed by atoms with Crippen LogP contribution in [0.4, 0.5) is 0 Å². The van der Waals surface area contributed by atoms with E-state index in [0.29, 0.717) is 23.1 Å². The van der Waals surface area contributed by atoms with E-state index < -0.39 is 31.8 Å². The van der Waals surface area contributed by atoms with Crippen molar-refractivity contribution in [3.8, 4) is 17.2 Å². The molecule has 0 spiro atoms. The van der Waals surface area contributed by atoms with Crippen LogP contribution in [0.3, 0.4) is 0 Å². The van der Waals surface area contributed by atoms with Gasteiger partial charge in [-0.25, -0.2) is 10.2 Å². The molecule has 0 saturated carbocycles. The zero-order valence-electron chi connectivity index (χ0n) is 21.4. The second-order valence-corrected chi connectivity index (χ2v) is 10.6. The highest BCUT2D eigenvalue weighted by molar-refractivity contribution is 7.59. The largest absolute Gasteiger partial charge is 0.508 e. The summed E-state index contributed by atoms with van der Waals surface area (Å²) in [5.74, 6) is -1.08. The number of hydrogen-bond donors (Lipinski definition) is 5. The van der Waals surface area contributed by atoms with E-state index in [1.54, 1.807) is 45.9 Å². The van der Waals surface area contributed by atoms with Gasteiger partial charge >= 0.3 is 11.9 Å². The molecule has 37 heavy (non-hydrogen) atoms. The van der Waals surface area contributed by atoms with Crippen molar-refractivity contribution in [1.29, 1.82) is 0 Å². The Balaban J connectivity index is 2.16. The van der Waals surface area contributed by atoms with Gasteiger partial charge in [-0.2, -0.15) is 0 Å². The zero-order chi connectivity index (χ0) is 27.6. The molecule has 0 aliphatic heterocycles. The number of aliphatic hydroxyl groups excluding tert-OH is 1. The van der Waals surface area contributed by atoms with Crippen molar-refractivity contribution in [3.05, 3.63) is 52.6 Å². The van der Waals surface area contributed by atoms with Crippen LogP contribution >= 0.6 is 7.44 Å². The van der Waals surface area contributed by atoms with E-state index in [9.17, 15) is 29.5 Å². The topological polar surface area (TPSA) is 164 Å². The number of carbonyl (C=O) groups is 2. The SMILES string of the molecule is CCOC(=O)CNP(=O)(COc1cc(C)c(Cc2ccc(O)c(C(C)O)c2)c(O)c1)NCC(=O)OCC. The number of aromatic hydroxyl groups is 2. The summed E-state index contributed by atoms with van der Waals surface area (Å²) in [6, 6.07) is 7.89. The Hall–Kier alpha value is -3.11. The molecule has 0 aliphatic rings. The second kappa shape index (κ2) is 14.0. The highest BCUT2D eigenvalue weighted by Gasteiger charge is 2.26. The smallest absolute Gasteiger partial charge is 0.320 e. The van der Waals surface area contributed by atoms with Crippen LogP contribution in [-0.2, 0) is 30.0 Å². The lowest BCUT2D eigenvalue weighted by atomic mass is 9.96. The Labute approximate surface area is 216 Å². The van der Waals surface area contributed by atoms with Crippen LogP contribution in [-0.4, -0.2) is 59.9 Å². The third-order valence-electron chi connectivity index (χ3n) is 5.33. The number of ether oxygens (including phenoxy) is 3. The average molecular weight is 539 g/mol. The molecule has 12 heteroatoms. The molecule has 0 bridgehead atoms. The van der Waals surface area contributed by atoms with Crippen LogP contribution in [0, 0.1) is 6.92 Å². The van der Waals surface area contributed by atoms with Gasteiger partial charge in [-0.15, -0.1) is 0 Å². The fourth-order valence-corrected chi connectivity index (χ4v) is 4.85. The molecule has 2 rings (SSSR count). The highest BCUT2D eigenvalue weighted by atomic mass is 31.2. The number of carbonyl (C=O) groups excluding carboxylic acids is 2. The van der Waals surface area contributed by atoms with Crippen molar-refractivity contribution in [2.24, 2.45) is 0 Å². The van der Waals surface area contributed by atoms with Gasteiger partial charge in [-0.05, 0) is 57.0 Å². The van der Waals surface area contributed by atoms with Crippen molar-refractivity contribution >= 4 is 19.4 Å². The number of aliphatic hydroxyl groups is 1. The van der Waals surface area contributed by atoms with E-state index in [0.717, 1.165) is 5.56 Å². The molecule has 0 amide bonds. The van der Waals surface area contributed by atoms with Gasteiger partial charge in [0.1, 0.15) is 30.3 Å². The molecular weight excluding hydrogens is 503 g/mol. The Morgan fingerprint density at radius 3 is 2.08 bits per heavy atom. The molecule has 0 heterocycles. The van der Waals surface area contributed by atoms with Gasteiger partial charge in [-0.3, -0.25) is 14.2 Å². The van der Waals surface area contributed by atoms with E-state index in [1.807, 2.05) is 0 Å². The van der Waals surface area contributed by atoms with E-state index in [4.69, 9.17) is 14.2 Å². The maximum Gasteiger partial charge on any atom is 0.320 e. The minimum Gasteiger partial charge on any atom is -0.508 e. The first-order chi connectivity index (χ1) is 17.5. The standard InChI is InChI=1S/C25H35N2O9P/c1-5-34-24(31)13-26-37(33,27-14-25(32)35-6-2)15-36-19-9-16(3)20(23(30)12-19)10-18-7-8-22(29)21(11-18)17(4)28/h7-9,11-12,17,28-30H,5-6,10,13-15H2,1-4H3,(H2,26,27,33). The molecule has 2 aromatic carbocycles. The number of rotatable bonds is 14. The molecule has 0 aliphatic carbocycles. The van der Waals surface area contributed by atoms with Crippen molar-refractivity contribution in [2.45, 2.75) is 40.2 Å². The number of aryl methyl sites for hydroxylation is 1. The van der Waals surface area contributed by atoms with Crippen molar-refractivity contribution < 1.29 is 43.7 Å². The molecule has 1 atom stereocenters. The first kappa shape index (κ1) is 30.1. The van der Waals surface area contributed by atoms with Gasteiger partial charge in [0.05, 0.1) is 19.3 Å². The van der Waals surface area contributed by atoms with Crippen LogP contribution in [0.1, 0.15) is 49.1 Å². The summed E-state index contributed by atoms with van der Waals surface area (Å²) in [6.07, 6.45) is -0.950. The number of benzene rings is 2. The molecule has 0 aromatic heterocycles. The summed E-state index contributed by atoms with van der Waals surface area (Å²) in [7, 11) is -3.61. The van der Waals surface area contributed by atoms with E-state index in [2.05, 4.69) is 10.2 Å². The molecule has 0 fully saturated rings. The average Bonchev–Trinajstić information content (AvgIpc) is 2.84. The van der Waals surface area contributed by atoms with Gasteiger partial charge in [0.25, 0.3) is 0 Å². The summed E-state index contributed by atoms with van der Waals surface area (Å²) in [4.78, 5) is 23.5.